The topological polar surface area (TPSA) is 77.6 Å². The number of carbonyl (C=O) groups is 1. The first-order valence-corrected chi connectivity index (χ1v) is 8.11. The van der Waals surface area contributed by atoms with Gasteiger partial charge in [-0.05, 0) is 35.9 Å². The zero-order valence-electron chi connectivity index (χ0n) is 13.9. The minimum Gasteiger partial charge on any atom is -0.320 e. The number of rotatable bonds is 5. The summed E-state index contributed by atoms with van der Waals surface area (Å²) >= 11 is 0. The smallest absolute Gasteiger partial charge is 0.255 e. The second-order valence-corrected chi connectivity index (χ2v) is 5.71. The van der Waals surface area contributed by atoms with Crippen LogP contribution in [0.2, 0.25) is 0 Å². The predicted octanol–water partition coefficient (Wildman–Crippen LogP) is 2.76. The van der Waals surface area contributed by atoms with Crippen molar-refractivity contribution in [2.75, 3.05) is 5.32 Å². The molecule has 0 saturated heterocycles. The molecule has 0 fully saturated rings. The lowest BCUT2D eigenvalue weighted by Crippen LogP contribution is -2.14. The fourth-order valence-electron chi connectivity index (χ4n) is 2.65. The lowest BCUT2D eigenvalue weighted by Gasteiger charge is -2.11. The molecule has 0 aliphatic carbocycles. The molecule has 1 N–H and O–H groups in total. The molecule has 4 aromatic rings. The van der Waals surface area contributed by atoms with Crippen molar-refractivity contribution in [2.45, 2.75) is 6.54 Å². The molecule has 0 aliphatic heterocycles. The fraction of sp³-hybridized carbons (Fsp3) is 0.0526. The molecule has 0 radical (unpaired) electrons. The van der Waals surface area contributed by atoms with Crippen molar-refractivity contribution in [1.29, 1.82) is 0 Å². The van der Waals surface area contributed by atoms with Gasteiger partial charge in [-0.15, -0.1) is 0 Å². The van der Waals surface area contributed by atoms with E-state index < -0.39 is 0 Å². The zero-order chi connectivity index (χ0) is 17.8. The van der Waals surface area contributed by atoms with Crippen molar-refractivity contribution in [1.82, 2.24) is 24.5 Å². The first kappa shape index (κ1) is 15.8. The number of para-hydroxylation sites is 2. The Balaban J connectivity index is 1.50. The molecule has 0 aliphatic rings. The summed E-state index contributed by atoms with van der Waals surface area (Å²) in [4.78, 5) is 16.5. The van der Waals surface area contributed by atoms with Gasteiger partial charge in [0.25, 0.3) is 5.91 Å². The maximum Gasteiger partial charge on any atom is 0.255 e. The number of hydrogen-bond acceptors (Lipinski definition) is 4. The van der Waals surface area contributed by atoms with Crippen LogP contribution < -0.4 is 5.32 Å². The molecule has 7 heteroatoms. The summed E-state index contributed by atoms with van der Waals surface area (Å²) in [5, 5.41) is 11.3. The summed E-state index contributed by atoms with van der Waals surface area (Å²) in [6, 6.07) is 16.8. The van der Waals surface area contributed by atoms with Crippen LogP contribution in [0.5, 0.6) is 0 Å². The molecule has 26 heavy (non-hydrogen) atoms. The van der Waals surface area contributed by atoms with Gasteiger partial charge in [-0.3, -0.25) is 4.79 Å². The highest BCUT2D eigenvalue weighted by Gasteiger charge is 2.10. The van der Waals surface area contributed by atoms with Crippen LogP contribution in [0.4, 0.5) is 5.69 Å². The third-order valence-electron chi connectivity index (χ3n) is 3.93. The molecule has 2 heterocycles. The van der Waals surface area contributed by atoms with E-state index in [9.17, 15) is 4.79 Å². The maximum absolute atomic E-state index is 12.6. The second kappa shape index (κ2) is 7.02. The quantitative estimate of drug-likeness (QED) is 0.604. The first-order chi connectivity index (χ1) is 12.8. The minimum atomic E-state index is -0.170. The van der Waals surface area contributed by atoms with Gasteiger partial charge in [-0.25, -0.2) is 14.3 Å². The van der Waals surface area contributed by atoms with E-state index in [0.29, 0.717) is 17.8 Å². The van der Waals surface area contributed by atoms with E-state index in [1.807, 2.05) is 48.7 Å². The number of nitrogens with one attached hydrogen (secondary N) is 1. The Hall–Kier alpha value is -3.74. The van der Waals surface area contributed by atoms with Gasteiger partial charge in [0.15, 0.2) is 0 Å². The molecule has 2 aromatic heterocycles. The molecule has 128 valence electrons. The summed E-state index contributed by atoms with van der Waals surface area (Å²) in [5.41, 5.74) is 3.15. The van der Waals surface area contributed by atoms with Crippen molar-refractivity contribution in [3.63, 3.8) is 0 Å². The summed E-state index contributed by atoms with van der Waals surface area (Å²) in [7, 11) is 0. The van der Waals surface area contributed by atoms with E-state index in [-0.39, 0.29) is 5.91 Å². The van der Waals surface area contributed by atoms with Gasteiger partial charge < -0.3 is 5.32 Å². The Morgan fingerprint density at radius 3 is 2.58 bits per heavy atom. The predicted molar refractivity (Wildman–Crippen MR) is 97.1 cm³/mol. The van der Waals surface area contributed by atoms with Crippen molar-refractivity contribution in [2.24, 2.45) is 0 Å². The van der Waals surface area contributed by atoms with Crippen LogP contribution in [0, 0.1) is 0 Å². The van der Waals surface area contributed by atoms with Crippen molar-refractivity contribution < 1.29 is 4.79 Å². The van der Waals surface area contributed by atoms with Crippen LogP contribution in [0.1, 0.15) is 15.9 Å². The third kappa shape index (κ3) is 3.36. The van der Waals surface area contributed by atoms with Crippen LogP contribution >= 0.6 is 0 Å². The Labute approximate surface area is 149 Å². The summed E-state index contributed by atoms with van der Waals surface area (Å²) in [5.74, 6) is -0.170. The maximum atomic E-state index is 12.6. The standard InChI is InChI=1S/C19H16N6O/c26-19(16-8-6-15(7-9-16)12-24-14-20-13-22-24)23-17-4-1-2-5-18(17)25-11-3-10-21-25/h1-11,13-14H,12H2,(H,23,26). The van der Waals surface area contributed by atoms with Crippen LogP contribution in [-0.4, -0.2) is 30.5 Å². The van der Waals surface area contributed by atoms with Crippen LogP contribution in [0.25, 0.3) is 5.69 Å². The van der Waals surface area contributed by atoms with Gasteiger partial charge in [0, 0.05) is 18.0 Å². The van der Waals surface area contributed by atoms with E-state index in [1.54, 1.807) is 34.0 Å². The normalized spacial score (nSPS) is 10.6. The highest BCUT2D eigenvalue weighted by Crippen LogP contribution is 2.20. The monoisotopic (exact) mass is 344 g/mol. The SMILES string of the molecule is O=C(Nc1ccccc1-n1cccn1)c1ccc(Cn2cncn2)cc1. The molecule has 1 amide bonds. The number of aromatic nitrogens is 5. The Bertz CT molecular complexity index is 991. The van der Waals surface area contributed by atoms with Gasteiger partial charge in [0.2, 0.25) is 0 Å². The molecular weight excluding hydrogens is 328 g/mol. The van der Waals surface area contributed by atoms with Gasteiger partial charge in [0.05, 0.1) is 17.9 Å². The average Bonchev–Trinajstić information content (AvgIpc) is 3.37. The third-order valence-corrected chi connectivity index (χ3v) is 3.93. The summed E-state index contributed by atoms with van der Waals surface area (Å²) in [6.07, 6.45) is 6.70. The average molecular weight is 344 g/mol. The Kier molecular flexibility index (Phi) is 4.26. The number of carbonyl (C=O) groups excluding carboxylic acids is 1. The molecule has 0 saturated carbocycles. The number of hydrogen-bond donors (Lipinski definition) is 1. The highest BCUT2D eigenvalue weighted by molar-refractivity contribution is 6.05. The van der Waals surface area contributed by atoms with E-state index in [1.165, 1.54) is 6.33 Å². The van der Waals surface area contributed by atoms with Gasteiger partial charge >= 0.3 is 0 Å². The number of benzene rings is 2. The van der Waals surface area contributed by atoms with Crippen molar-refractivity contribution >= 4 is 11.6 Å². The second-order valence-electron chi connectivity index (χ2n) is 5.71. The van der Waals surface area contributed by atoms with E-state index in [0.717, 1.165) is 11.3 Å². The van der Waals surface area contributed by atoms with Gasteiger partial charge in [0.1, 0.15) is 12.7 Å². The zero-order valence-corrected chi connectivity index (χ0v) is 13.9. The molecule has 2 aromatic carbocycles. The largest absolute Gasteiger partial charge is 0.320 e. The Morgan fingerprint density at radius 2 is 1.85 bits per heavy atom. The van der Waals surface area contributed by atoms with Crippen LogP contribution in [0.15, 0.2) is 79.6 Å². The fourth-order valence-corrected chi connectivity index (χ4v) is 2.65. The van der Waals surface area contributed by atoms with E-state index in [4.69, 9.17) is 0 Å². The van der Waals surface area contributed by atoms with Crippen molar-refractivity contribution in [3.05, 3.63) is 90.8 Å². The van der Waals surface area contributed by atoms with Crippen LogP contribution in [-0.2, 0) is 6.54 Å². The number of anilines is 1. The summed E-state index contributed by atoms with van der Waals surface area (Å²) in [6.45, 7) is 0.615. The minimum absolute atomic E-state index is 0.170. The van der Waals surface area contributed by atoms with Crippen molar-refractivity contribution in [3.8, 4) is 5.69 Å². The van der Waals surface area contributed by atoms with E-state index in [2.05, 4.69) is 20.5 Å². The lowest BCUT2D eigenvalue weighted by atomic mass is 10.1. The van der Waals surface area contributed by atoms with Crippen LogP contribution in [0.3, 0.4) is 0 Å². The lowest BCUT2D eigenvalue weighted by molar-refractivity contribution is 0.102. The number of amides is 1. The first-order valence-electron chi connectivity index (χ1n) is 8.11. The molecule has 0 bridgehead atoms. The molecule has 0 atom stereocenters. The summed E-state index contributed by atoms with van der Waals surface area (Å²) < 4.78 is 3.45. The molecule has 0 spiro atoms. The number of nitrogens with zero attached hydrogens (tertiary/aromatic N) is 5. The highest BCUT2D eigenvalue weighted by atomic mass is 16.1. The molecule has 0 unspecified atom stereocenters. The van der Waals surface area contributed by atoms with Gasteiger partial charge in [-0.1, -0.05) is 24.3 Å². The Morgan fingerprint density at radius 1 is 1.00 bits per heavy atom. The molecule has 7 nitrogen and oxygen atoms in total. The van der Waals surface area contributed by atoms with Gasteiger partial charge in [-0.2, -0.15) is 10.2 Å². The molecular formula is C19H16N6O. The molecule has 4 rings (SSSR count). The van der Waals surface area contributed by atoms with E-state index >= 15 is 0 Å².